The van der Waals surface area contributed by atoms with E-state index < -0.39 is 0 Å². The van der Waals surface area contributed by atoms with E-state index in [1.807, 2.05) is 13.8 Å². The number of nitrogens with zero attached hydrogens (tertiary/aromatic N) is 4. The Bertz CT molecular complexity index is 746. The van der Waals surface area contributed by atoms with Crippen molar-refractivity contribution >= 4 is 33.1 Å². The number of hydrogen-bond acceptors (Lipinski definition) is 6. The topological polar surface area (TPSA) is 69.2 Å². The van der Waals surface area contributed by atoms with Gasteiger partial charge in [-0.05, 0) is 38.1 Å². The van der Waals surface area contributed by atoms with Crippen molar-refractivity contribution in [2.24, 2.45) is 0 Å². The first kappa shape index (κ1) is 19.5. The molecule has 0 atom stereocenters. The van der Waals surface area contributed by atoms with Gasteiger partial charge in [0.25, 0.3) is 0 Å². The van der Waals surface area contributed by atoms with Crippen LogP contribution in [-0.2, 0) is 6.42 Å². The third kappa shape index (κ3) is 4.23. The zero-order valence-electron chi connectivity index (χ0n) is 15.8. The zero-order chi connectivity index (χ0) is 18.4. The molecule has 1 saturated heterocycles. The number of likely N-dealkylation sites (N-methyl/N-ethyl adjacent to an activating group) is 1. The first-order valence-electron chi connectivity index (χ1n) is 9.19. The Morgan fingerprint density at radius 1 is 1.28 bits per heavy atom. The second-order valence-corrected chi connectivity index (χ2v) is 7.17. The molecule has 3 rings (SSSR count). The van der Waals surface area contributed by atoms with Gasteiger partial charge in [-0.2, -0.15) is 5.26 Å². The molecule has 0 spiro atoms. The van der Waals surface area contributed by atoms with Crippen LogP contribution in [0, 0.1) is 11.3 Å². The smallest absolute Gasteiger partial charge is 0.130 e. The molecule has 1 fully saturated rings. The lowest BCUT2D eigenvalue weighted by molar-refractivity contribution is 0.360. The van der Waals surface area contributed by atoms with Gasteiger partial charge in [0.05, 0.1) is 5.69 Å². The molecule has 6 heteroatoms. The number of aromatic nitrogens is 1. The fraction of sp³-hybridized carbons (Fsp3) is 0.579. The van der Waals surface area contributed by atoms with Crippen LogP contribution in [0.25, 0.3) is 10.2 Å². The average molecular weight is 360 g/mol. The van der Waals surface area contributed by atoms with Crippen LogP contribution >= 0.6 is 11.3 Å². The summed E-state index contributed by atoms with van der Waals surface area (Å²) in [5.41, 5.74) is 8.00. The number of hydrogen-bond donors (Lipinski definition) is 1. The lowest BCUT2D eigenvalue weighted by atomic mass is 10.1. The molecule has 0 aromatic carbocycles. The molecule has 2 N–H and O–H groups in total. The quantitative estimate of drug-likeness (QED) is 0.901. The summed E-state index contributed by atoms with van der Waals surface area (Å²) in [4.78, 5) is 11.0. The van der Waals surface area contributed by atoms with E-state index in [0.29, 0.717) is 10.6 Å². The van der Waals surface area contributed by atoms with Gasteiger partial charge in [0.2, 0.25) is 0 Å². The highest BCUT2D eigenvalue weighted by molar-refractivity contribution is 7.19. The van der Waals surface area contributed by atoms with Crippen LogP contribution in [-0.4, -0.2) is 43.1 Å². The maximum atomic E-state index is 9.26. The van der Waals surface area contributed by atoms with Crippen molar-refractivity contribution in [3.8, 4) is 6.07 Å². The van der Waals surface area contributed by atoms with Gasteiger partial charge in [-0.3, -0.25) is 0 Å². The highest BCUT2D eigenvalue weighted by atomic mass is 32.1. The minimum Gasteiger partial charge on any atom is -0.396 e. The number of nitriles is 1. The molecular formula is C19H29N5S. The van der Waals surface area contributed by atoms with Gasteiger partial charge in [0, 0.05) is 25.0 Å². The number of pyridine rings is 1. The van der Waals surface area contributed by atoms with E-state index in [2.05, 4.69) is 35.9 Å². The number of nitrogens with two attached hydrogens (primary N) is 1. The molecule has 1 aliphatic rings. The summed E-state index contributed by atoms with van der Waals surface area (Å²) in [6.45, 7) is 10.4. The summed E-state index contributed by atoms with van der Waals surface area (Å²) in [5.74, 6) is 1.03. The Kier molecular flexibility index (Phi) is 7.03. The van der Waals surface area contributed by atoms with Gasteiger partial charge in [-0.1, -0.05) is 27.2 Å². The number of nitrogen functional groups attached to an aromatic ring is 1. The number of fused-ring (bicyclic) bond motifs is 1. The number of anilines is 2. The first-order chi connectivity index (χ1) is 12.1. The molecule has 0 bridgehead atoms. The molecule has 0 aliphatic carbocycles. The summed E-state index contributed by atoms with van der Waals surface area (Å²) in [6, 6.07) is 4.38. The highest BCUT2D eigenvalue weighted by Crippen LogP contribution is 2.37. The lowest BCUT2D eigenvalue weighted by Crippen LogP contribution is -2.29. The Hall–Kier alpha value is -1.84. The van der Waals surface area contributed by atoms with E-state index in [-0.39, 0.29) is 0 Å². The minimum absolute atomic E-state index is 0.581. The standard InChI is InChI=1S/C17H23N5S.C2H6/c1-3-5-12-10-14(22-7-4-6-21(2)8-9-22)20-17-15(12)16(19)13(11-18)23-17;1-2/h10H,3-9,19H2,1-2H3;1-2H3. The van der Waals surface area contributed by atoms with E-state index in [9.17, 15) is 5.26 Å². The van der Waals surface area contributed by atoms with Gasteiger partial charge in [0.1, 0.15) is 21.6 Å². The van der Waals surface area contributed by atoms with Crippen LogP contribution < -0.4 is 10.6 Å². The van der Waals surface area contributed by atoms with Crippen molar-refractivity contribution < 1.29 is 0 Å². The second kappa shape index (κ2) is 9.02. The third-order valence-electron chi connectivity index (χ3n) is 4.43. The van der Waals surface area contributed by atoms with Crippen LogP contribution in [0.15, 0.2) is 6.07 Å². The normalized spacial score (nSPS) is 15.4. The third-order valence-corrected chi connectivity index (χ3v) is 5.44. The number of aryl methyl sites for hydroxylation is 1. The van der Waals surface area contributed by atoms with Crippen molar-refractivity contribution in [2.75, 3.05) is 43.9 Å². The van der Waals surface area contributed by atoms with Gasteiger partial charge < -0.3 is 15.5 Å². The van der Waals surface area contributed by atoms with Gasteiger partial charge >= 0.3 is 0 Å². The Balaban J connectivity index is 0.00000109. The monoisotopic (exact) mass is 359 g/mol. The number of thiophene rings is 1. The predicted molar refractivity (Wildman–Crippen MR) is 108 cm³/mol. The maximum Gasteiger partial charge on any atom is 0.130 e. The van der Waals surface area contributed by atoms with Crippen molar-refractivity contribution in [1.29, 1.82) is 5.26 Å². The summed E-state index contributed by atoms with van der Waals surface area (Å²) < 4.78 is 0. The average Bonchev–Trinajstić information content (AvgIpc) is 2.79. The lowest BCUT2D eigenvalue weighted by Gasteiger charge is -2.22. The van der Waals surface area contributed by atoms with Crippen molar-refractivity contribution in [1.82, 2.24) is 9.88 Å². The van der Waals surface area contributed by atoms with E-state index >= 15 is 0 Å². The molecule has 2 aromatic heterocycles. The first-order valence-corrected chi connectivity index (χ1v) is 10.0. The van der Waals surface area contributed by atoms with E-state index in [0.717, 1.165) is 61.5 Å². The van der Waals surface area contributed by atoms with E-state index in [1.165, 1.54) is 16.9 Å². The molecule has 0 unspecified atom stereocenters. The number of rotatable bonds is 3. The molecule has 5 nitrogen and oxygen atoms in total. The van der Waals surface area contributed by atoms with Crippen LogP contribution in [0.4, 0.5) is 11.5 Å². The minimum atomic E-state index is 0.581. The Morgan fingerprint density at radius 3 is 2.72 bits per heavy atom. The predicted octanol–water partition coefficient (Wildman–Crippen LogP) is 3.87. The van der Waals surface area contributed by atoms with Gasteiger partial charge in [-0.25, -0.2) is 4.98 Å². The molecule has 136 valence electrons. The van der Waals surface area contributed by atoms with Crippen LogP contribution in [0.2, 0.25) is 0 Å². The largest absolute Gasteiger partial charge is 0.396 e. The van der Waals surface area contributed by atoms with E-state index in [4.69, 9.17) is 10.7 Å². The summed E-state index contributed by atoms with van der Waals surface area (Å²) in [6.07, 6.45) is 3.17. The summed E-state index contributed by atoms with van der Waals surface area (Å²) in [5, 5.41) is 10.3. The van der Waals surface area contributed by atoms with Crippen LogP contribution in [0.5, 0.6) is 0 Å². The Labute approximate surface area is 155 Å². The van der Waals surface area contributed by atoms with Crippen molar-refractivity contribution in [3.05, 3.63) is 16.5 Å². The summed E-state index contributed by atoms with van der Waals surface area (Å²) >= 11 is 1.41. The second-order valence-electron chi connectivity index (χ2n) is 6.17. The molecule has 25 heavy (non-hydrogen) atoms. The molecule has 0 amide bonds. The van der Waals surface area contributed by atoms with Gasteiger partial charge in [-0.15, -0.1) is 11.3 Å². The molecule has 3 heterocycles. The zero-order valence-corrected chi connectivity index (χ0v) is 16.6. The van der Waals surface area contributed by atoms with E-state index in [1.54, 1.807) is 0 Å². The fourth-order valence-electron chi connectivity index (χ4n) is 3.17. The highest BCUT2D eigenvalue weighted by Gasteiger charge is 2.19. The summed E-state index contributed by atoms with van der Waals surface area (Å²) in [7, 11) is 2.17. The molecule has 0 saturated carbocycles. The Morgan fingerprint density at radius 2 is 2.04 bits per heavy atom. The van der Waals surface area contributed by atoms with Crippen LogP contribution in [0.3, 0.4) is 0 Å². The van der Waals surface area contributed by atoms with Crippen molar-refractivity contribution in [3.63, 3.8) is 0 Å². The molecule has 0 radical (unpaired) electrons. The van der Waals surface area contributed by atoms with Crippen LogP contribution in [0.1, 0.15) is 44.1 Å². The maximum absolute atomic E-state index is 9.26. The molecule has 1 aliphatic heterocycles. The SMILES string of the molecule is CC.CCCc1cc(N2CCCN(C)CC2)nc2sc(C#N)c(N)c12. The van der Waals surface area contributed by atoms with Crippen molar-refractivity contribution in [2.45, 2.75) is 40.0 Å². The molecular weight excluding hydrogens is 330 g/mol. The van der Waals surface area contributed by atoms with Gasteiger partial charge in [0.15, 0.2) is 0 Å². The fourth-order valence-corrected chi connectivity index (χ4v) is 4.11. The molecule has 2 aromatic rings.